The van der Waals surface area contributed by atoms with Crippen molar-refractivity contribution in [1.29, 1.82) is 0 Å². The Balaban J connectivity index is 2.03. The van der Waals surface area contributed by atoms with Crippen LogP contribution in [0.1, 0.15) is 10.6 Å². The van der Waals surface area contributed by atoms with Crippen LogP contribution in [0.15, 0.2) is 16.8 Å². The second-order valence-electron chi connectivity index (χ2n) is 2.74. The summed E-state index contributed by atoms with van der Waals surface area (Å²) >= 11 is 0. The second-order valence-corrected chi connectivity index (χ2v) is 2.74. The summed E-state index contributed by atoms with van der Waals surface area (Å²) < 4.78 is 4.66. The van der Waals surface area contributed by atoms with Gasteiger partial charge in [-0.3, -0.25) is 4.79 Å². The van der Waals surface area contributed by atoms with Gasteiger partial charge in [0.1, 0.15) is 0 Å². The van der Waals surface area contributed by atoms with Gasteiger partial charge in [0, 0.05) is 19.2 Å². The molecule has 1 aliphatic heterocycles. The zero-order chi connectivity index (χ0) is 8.55. The highest BCUT2D eigenvalue weighted by Crippen LogP contribution is 2.12. The first-order valence-electron chi connectivity index (χ1n) is 3.65. The van der Waals surface area contributed by atoms with Crippen LogP contribution < -0.4 is 0 Å². The van der Waals surface area contributed by atoms with E-state index in [2.05, 4.69) is 9.68 Å². The van der Waals surface area contributed by atoms with Gasteiger partial charge in [-0.25, -0.2) is 0 Å². The molecule has 0 atom stereocenters. The Morgan fingerprint density at radius 3 is 3.00 bits per heavy atom. The van der Waals surface area contributed by atoms with Crippen molar-refractivity contribution in [2.24, 2.45) is 0 Å². The molecule has 1 amide bonds. The van der Waals surface area contributed by atoms with Crippen molar-refractivity contribution in [2.45, 2.75) is 6.10 Å². The van der Waals surface area contributed by atoms with E-state index in [4.69, 9.17) is 5.11 Å². The van der Waals surface area contributed by atoms with E-state index in [1.807, 2.05) is 0 Å². The number of aliphatic hydroxyl groups excluding tert-OH is 1. The van der Waals surface area contributed by atoms with Crippen molar-refractivity contribution >= 4 is 5.91 Å². The van der Waals surface area contributed by atoms with Gasteiger partial charge < -0.3 is 14.5 Å². The number of carbonyl (C=O) groups excluding carboxylic acids is 1. The van der Waals surface area contributed by atoms with Crippen LogP contribution in [0.2, 0.25) is 0 Å². The van der Waals surface area contributed by atoms with Crippen molar-refractivity contribution < 1.29 is 14.4 Å². The maximum atomic E-state index is 11.3. The molecule has 0 radical (unpaired) electrons. The first kappa shape index (κ1) is 7.30. The van der Waals surface area contributed by atoms with Crippen molar-refractivity contribution in [3.05, 3.63) is 18.0 Å². The van der Waals surface area contributed by atoms with Crippen molar-refractivity contribution in [2.75, 3.05) is 13.1 Å². The summed E-state index contributed by atoms with van der Waals surface area (Å²) in [5.74, 6) is 0.0136. The van der Waals surface area contributed by atoms with Crippen LogP contribution >= 0.6 is 0 Å². The summed E-state index contributed by atoms with van der Waals surface area (Å²) in [5.41, 5.74) is 0. The Hall–Kier alpha value is -1.36. The third-order valence-electron chi connectivity index (χ3n) is 1.80. The van der Waals surface area contributed by atoms with E-state index < -0.39 is 0 Å². The van der Waals surface area contributed by atoms with E-state index >= 15 is 0 Å². The molecule has 1 N–H and O–H groups in total. The minimum absolute atomic E-state index is 0.210. The predicted molar refractivity (Wildman–Crippen MR) is 38.4 cm³/mol. The van der Waals surface area contributed by atoms with Crippen LogP contribution in [0.3, 0.4) is 0 Å². The summed E-state index contributed by atoms with van der Waals surface area (Å²) in [6.07, 6.45) is 1.04. The lowest BCUT2D eigenvalue weighted by Crippen LogP contribution is -2.53. The fourth-order valence-corrected chi connectivity index (χ4v) is 1.10. The van der Waals surface area contributed by atoms with Crippen molar-refractivity contribution in [3.8, 4) is 0 Å². The minimum Gasteiger partial charge on any atom is -0.389 e. The molecule has 0 unspecified atom stereocenters. The Labute approximate surface area is 68.6 Å². The highest BCUT2D eigenvalue weighted by Gasteiger charge is 2.30. The smallest absolute Gasteiger partial charge is 0.292 e. The monoisotopic (exact) mass is 168 g/mol. The van der Waals surface area contributed by atoms with Crippen molar-refractivity contribution in [1.82, 2.24) is 10.1 Å². The minimum atomic E-state index is -0.378. The first-order valence-corrected chi connectivity index (χ1v) is 3.65. The van der Waals surface area contributed by atoms with E-state index in [9.17, 15) is 4.79 Å². The number of aromatic nitrogens is 1. The third kappa shape index (κ3) is 1.08. The standard InChI is InChI=1S/C7H8N2O3/c10-5-3-9(4-5)7(11)6-1-2-8-12-6/h1-2,5,10H,3-4H2. The molecule has 1 aromatic rings. The predicted octanol–water partition coefficient (Wildman–Crippen LogP) is -0.509. The number of aliphatic hydroxyl groups is 1. The molecule has 0 bridgehead atoms. The molecule has 5 heteroatoms. The molecule has 64 valence electrons. The van der Waals surface area contributed by atoms with E-state index in [0.717, 1.165) is 0 Å². The summed E-state index contributed by atoms with van der Waals surface area (Å²) in [5, 5.41) is 12.3. The fraction of sp³-hybridized carbons (Fsp3) is 0.429. The van der Waals surface area contributed by atoms with Gasteiger partial charge >= 0.3 is 0 Å². The summed E-state index contributed by atoms with van der Waals surface area (Å²) in [4.78, 5) is 12.8. The molecule has 12 heavy (non-hydrogen) atoms. The maximum absolute atomic E-state index is 11.3. The second kappa shape index (κ2) is 2.60. The van der Waals surface area contributed by atoms with Crippen LogP contribution in [-0.2, 0) is 0 Å². The molecule has 1 aromatic heterocycles. The number of likely N-dealkylation sites (tertiary alicyclic amines) is 1. The topological polar surface area (TPSA) is 66.6 Å². The molecule has 1 aliphatic rings. The number of hydrogen-bond acceptors (Lipinski definition) is 4. The number of rotatable bonds is 1. The van der Waals surface area contributed by atoms with E-state index in [1.165, 1.54) is 17.2 Å². The highest BCUT2D eigenvalue weighted by atomic mass is 16.5. The Morgan fingerprint density at radius 1 is 1.75 bits per heavy atom. The molecule has 2 heterocycles. The van der Waals surface area contributed by atoms with Gasteiger partial charge in [0.2, 0.25) is 5.76 Å². The first-order chi connectivity index (χ1) is 5.77. The SMILES string of the molecule is O=C(c1ccno1)N1CC(O)C1. The largest absolute Gasteiger partial charge is 0.389 e. The molecule has 0 spiro atoms. The van der Waals surface area contributed by atoms with Gasteiger partial charge in [-0.15, -0.1) is 0 Å². The Morgan fingerprint density at radius 2 is 2.50 bits per heavy atom. The number of amides is 1. The summed E-state index contributed by atoms with van der Waals surface area (Å²) in [6.45, 7) is 0.777. The average molecular weight is 168 g/mol. The number of hydrogen-bond donors (Lipinski definition) is 1. The molecular weight excluding hydrogens is 160 g/mol. The number of nitrogens with zero attached hydrogens (tertiary/aromatic N) is 2. The van der Waals surface area contributed by atoms with E-state index in [1.54, 1.807) is 0 Å². The van der Waals surface area contributed by atoms with Crippen LogP contribution in [0, 0.1) is 0 Å². The number of carbonyl (C=O) groups is 1. The zero-order valence-electron chi connectivity index (χ0n) is 6.30. The molecular formula is C7H8N2O3. The fourth-order valence-electron chi connectivity index (χ4n) is 1.10. The van der Waals surface area contributed by atoms with Crippen molar-refractivity contribution in [3.63, 3.8) is 0 Å². The average Bonchev–Trinajstić information content (AvgIpc) is 2.49. The lowest BCUT2D eigenvalue weighted by molar-refractivity contribution is 0.00342. The van der Waals surface area contributed by atoms with Gasteiger partial charge in [-0.05, 0) is 0 Å². The molecule has 2 rings (SSSR count). The quantitative estimate of drug-likeness (QED) is 0.613. The van der Waals surface area contributed by atoms with Gasteiger partial charge in [0.15, 0.2) is 0 Å². The lowest BCUT2D eigenvalue weighted by Gasteiger charge is -2.34. The van der Waals surface area contributed by atoms with Crippen LogP contribution in [-0.4, -0.2) is 40.3 Å². The Bertz CT molecular complexity index is 277. The normalized spacial score (nSPS) is 17.6. The van der Waals surface area contributed by atoms with E-state index in [0.29, 0.717) is 13.1 Å². The zero-order valence-corrected chi connectivity index (χ0v) is 6.30. The highest BCUT2D eigenvalue weighted by molar-refractivity contribution is 5.91. The molecule has 5 nitrogen and oxygen atoms in total. The molecule has 0 saturated carbocycles. The van der Waals surface area contributed by atoms with Crippen LogP contribution in [0.5, 0.6) is 0 Å². The van der Waals surface area contributed by atoms with Gasteiger partial charge in [0.25, 0.3) is 5.91 Å². The number of β-amino-alcohol motifs (C(OH)–C–C–N with tert-alkyl or cyclic N) is 1. The van der Waals surface area contributed by atoms with Crippen LogP contribution in [0.4, 0.5) is 0 Å². The van der Waals surface area contributed by atoms with Crippen LogP contribution in [0.25, 0.3) is 0 Å². The molecule has 0 aromatic carbocycles. The lowest BCUT2D eigenvalue weighted by atomic mass is 10.1. The summed E-state index contributed by atoms with van der Waals surface area (Å²) in [7, 11) is 0. The summed E-state index contributed by atoms with van der Waals surface area (Å²) in [6, 6.07) is 1.51. The third-order valence-corrected chi connectivity index (χ3v) is 1.80. The van der Waals surface area contributed by atoms with Gasteiger partial charge in [-0.2, -0.15) is 0 Å². The van der Waals surface area contributed by atoms with E-state index in [-0.39, 0.29) is 17.8 Å². The molecule has 1 fully saturated rings. The van der Waals surface area contributed by atoms with Gasteiger partial charge in [-0.1, -0.05) is 5.16 Å². The van der Waals surface area contributed by atoms with Gasteiger partial charge in [0.05, 0.1) is 12.3 Å². The molecule has 1 saturated heterocycles. The molecule has 0 aliphatic carbocycles. The maximum Gasteiger partial charge on any atom is 0.292 e. The Kier molecular flexibility index (Phi) is 1.58.